The first-order valence-electron chi connectivity index (χ1n) is 11.4. The Morgan fingerprint density at radius 2 is 1.06 bits per heavy atom. The van der Waals surface area contributed by atoms with Crippen molar-refractivity contribution in [2.24, 2.45) is 0 Å². The number of ether oxygens (including phenoxy) is 5. The number of hydrogen-bond acceptors (Lipinski definition) is 5. The van der Waals surface area contributed by atoms with E-state index in [0.29, 0.717) is 11.5 Å². The van der Waals surface area contributed by atoms with E-state index in [1.165, 1.54) is 0 Å². The van der Waals surface area contributed by atoms with Gasteiger partial charge in [0, 0.05) is 48.6 Å². The summed E-state index contributed by atoms with van der Waals surface area (Å²) in [4.78, 5) is 0. The molecular formula is C28H34O5. The zero-order chi connectivity index (χ0) is 24.0. The minimum atomic E-state index is -0.383. The predicted molar refractivity (Wildman–Crippen MR) is 131 cm³/mol. The van der Waals surface area contributed by atoms with Gasteiger partial charge in [-0.05, 0) is 65.8 Å². The third-order valence-electron chi connectivity index (χ3n) is 6.16. The van der Waals surface area contributed by atoms with Gasteiger partial charge in [-0.1, -0.05) is 12.2 Å². The zero-order valence-corrected chi connectivity index (χ0v) is 20.8. The van der Waals surface area contributed by atoms with E-state index in [0.717, 1.165) is 33.8 Å². The summed E-state index contributed by atoms with van der Waals surface area (Å²) >= 11 is 0. The normalized spacial score (nSPS) is 19.0. The molecular weight excluding hydrogens is 416 g/mol. The van der Waals surface area contributed by atoms with Gasteiger partial charge in [-0.25, -0.2) is 0 Å². The fourth-order valence-corrected chi connectivity index (χ4v) is 4.03. The van der Waals surface area contributed by atoms with Gasteiger partial charge >= 0.3 is 0 Å². The average molecular weight is 451 g/mol. The van der Waals surface area contributed by atoms with Crippen LogP contribution in [-0.2, 0) is 9.47 Å². The molecule has 2 heterocycles. The SMILES string of the molecule is CO[C@@H](C)c1cc2c(cc1Oc1cc3c(cc1[C@@H](C)OC)C=CC(C)(C)O3)OC(C)(C)C=C2. The highest BCUT2D eigenvalue weighted by atomic mass is 16.5. The molecule has 0 fully saturated rings. The van der Waals surface area contributed by atoms with E-state index in [4.69, 9.17) is 23.7 Å². The van der Waals surface area contributed by atoms with Crippen molar-refractivity contribution in [2.45, 2.75) is 65.0 Å². The van der Waals surface area contributed by atoms with E-state index in [1.807, 2.05) is 53.7 Å². The highest BCUT2D eigenvalue weighted by molar-refractivity contribution is 5.67. The van der Waals surface area contributed by atoms with Gasteiger partial charge in [0.2, 0.25) is 0 Å². The molecule has 0 aromatic heterocycles. The molecule has 0 N–H and O–H groups in total. The van der Waals surface area contributed by atoms with E-state index in [2.05, 4.69) is 36.4 Å². The van der Waals surface area contributed by atoms with E-state index >= 15 is 0 Å². The number of fused-ring (bicyclic) bond motifs is 2. The Bertz CT molecular complexity index is 1020. The Kier molecular flexibility index (Phi) is 6.06. The van der Waals surface area contributed by atoms with Crippen molar-refractivity contribution in [3.63, 3.8) is 0 Å². The fraction of sp³-hybridized carbons (Fsp3) is 0.429. The van der Waals surface area contributed by atoms with Crippen LogP contribution in [0.5, 0.6) is 23.0 Å². The topological polar surface area (TPSA) is 46.2 Å². The standard InChI is InChI=1S/C28H34O5/c1-17(29-7)21-13-19-9-11-27(3,4)32-23(19)15-25(21)31-26-16-24-20(10-12-28(5,6)33-24)14-22(26)18(2)30-8/h9-18H,1-8H3/t17-,18+. The van der Waals surface area contributed by atoms with Crippen molar-refractivity contribution >= 4 is 12.2 Å². The molecule has 2 aromatic rings. The molecule has 0 saturated heterocycles. The van der Waals surface area contributed by atoms with Crippen LogP contribution in [0.3, 0.4) is 0 Å². The van der Waals surface area contributed by atoms with Crippen molar-refractivity contribution < 1.29 is 23.7 Å². The van der Waals surface area contributed by atoms with Crippen molar-refractivity contribution in [3.8, 4) is 23.0 Å². The third kappa shape index (κ3) is 4.80. The van der Waals surface area contributed by atoms with Crippen LogP contribution in [0.1, 0.15) is 76.0 Å². The van der Waals surface area contributed by atoms with Gasteiger partial charge in [-0.2, -0.15) is 0 Å². The molecule has 0 aliphatic carbocycles. The molecule has 0 unspecified atom stereocenters. The lowest BCUT2D eigenvalue weighted by Gasteiger charge is -2.30. The number of benzene rings is 2. The minimum absolute atomic E-state index is 0.160. The first-order valence-corrected chi connectivity index (χ1v) is 11.4. The maximum absolute atomic E-state index is 6.59. The first-order chi connectivity index (χ1) is 15.5. The molecule has 2 aliphatic rings. The van der Waals surface area contributed by atoms with Gasteiger partial charge in [0.25, 0.3) is 0 Å². The maximum atomic E-state index is 6.59. The second kappa shape index (κ2) is 8.54. The van der Waals surface area contributed by atoms with Gasteiger partial charge in [0.15, 0.2) is 0 Å². The van der Waals surface area contributed by atoms with Crippen LogP contribution in [0.2, 0.25) is 0 Å². The lowest BCUT2D eigenvalue weighted by molar-refractivity contribution is 0.114. The van der Waals surface area contributed by atoms with E-state index < -0.39 is 0 Å². The van der Waals surface area contributed by atoms with Crippen molar-refractivity contribution in [2.75, 3.05) is 14.2 Å². The lowest BCUT2D eigenvalue weighted by atomic mass is 9.97. The molecule has 33 heavy (non-hydrogen) atoms. The number of hydrogen-bond donors (Lipinski definition) is 0. The smallest absolute Gasteiger partial charge is 0.136 e. The Morgan fingerprint density at radius 1 is 0.667 bits per heavy atom. The van der Waals surface area contributed by atoms with E-state index in [9.17, 15) is 0 Å². The molecule has 4 rings (SSSR count). The van der Waals surface area contributed by atoms with Gasteiger partial charge in [0.05, 0.1) is 12.2 Å². The molecule has 0 amide bonds. The Hall–Kier alpha value is -2.76. The molecule has 5 nitrogen and oxygen atoms in total. The molecule has 0 spiro atoms. The summed E-state index contributed by atoms with van der Waals surface area (Å²) in [5, 5.41) is 0. The summed E-state index contributed by atoms with van der Waals surface area (Å²) in [5.41, 5.74) is 3.13. The van der Waals surface area contributed by atoms with Gasteiger partial charge in [-0.15, -0.1) is 0 Å². The highest BCUT2D eigenvalue weighted by Crippen LogP contribution is 2.44. The summed E-state index contributed by atoms with van der Waals surface area (Å²) in [6.45, 7) is 12.2. The summed E-state index contributed by atoms with van der Waals surface area (Å²) in [5.74, 6) is 2.93. The van der Waals surface area contributed by atoms with Crippen LogP contribution < -0.4 is 14.2 Å². The van der Waals surface area contributed by atoms with Crippen molar-refractivity contribution in [3.05, 3.63) is 58.7 Å². The summed E-state index contributed by atoms with van der Waals surface area (Å²) < 4.78 is 30.3. The molecule has 176 valence electrons. The molecule has 0 saturated carbocycles. The summed E-state index contributed by atoms with van der Waals surface area (Å²) in [6.07, 6.45) is 7.99. The predicted octanol–water partition coefficient (Wildman–Crippen LogP) is 7.26. The van der Waals surface area contributed by atoms with Crippen LogP contribution in [-0.4, -0.2) is 25.4 Å². The molecule has 2 atom stereocenters. The lowest BCUT2D eigenvalue weighted by Crippen LogP contribution is -2.27. The first kappa shape index (κ1) is 23.4. The second-order valence-corrected chi connectivity index (χ2v) is 9.79. The molecule has 0 radical (unpaired) electrons. The molecule has 2 aromatic carbocycles. The van der Waals surface area contributed by atoms with Crippen LogP contribution in [0.15, 0.2) is 36.4 Å². The van der Waals surface area contributed by atoms with Gasteiger partial charge in [-0.3, -0.25) is 0 Å². The maximum Gasteiger partial charge on any atom is 0.136 e. The quantitative estimate of drug-likeness (QED) is 0.463. The van der Waals surface area contributed by atoms with E-state index in [1.54, 1.807) is 14.2 Å². The van der Waals surface area contributed by atoms with E-state index in [-0.39, 0.29) is 23.4 Å². The monoisotopic (exact) mass is 450 g/mol. The van der Waals surface area contributed by atoms with Crippen LogP contribution in [0.4, 0.5) is 0 Å². The van der Waals surface area contributed by atoms with Crippen LogP contribution in [0, 0.1) is 0 Å². The second-order valence-electron chi connectivity index (χ2n) is 9.79. The van der Waals surface area contributed by atoms with Crippen molar-refractivity contribution in [1.82, 2.24) is 0 Å². The molecule has 2 aliphatic heterocycles. The van der Waals surface area contributed by atoms with Crippen LogP contribution in [0.25, 0.3) is 12.2 Å². The molecule has 0 bridgehead atoms. The Morgan fingerprint density at radius 3 is 1.42 bits per heavy atom. The van der Waals surface area contributed by atoms with Gasteiger partial charge in [0.1, 0.15) is 34.2 Å². The van der Waals surface area contributed by atoms with Gasteiger partial charge < -0.3 is 23.7 Å². The number of methoxy groups -OCH3 is 2. The fourth-order valence-electron chi connectivity index (χ4n) is 4.03. The minimum Gasteiger partial charge on any atom is -0.483 e. The summed E-state index contributed by atoms with van der Waals surface area (Å²) in [7, 11) is 3.39. The van der Waals surface area contributed by atoms with Crippen LogP contribution >= 0.6 is 0 Å². The largest absolute Gasteiger partial charge is 0.483 e. The third-order valence-corrected chi connectivity index (χ3v) is 6.16. The average Bonchev–Trinajstić information content (AvgIpc) is 2.76. The Labute approximate surface area is 197 Å². The number of rotatable bonds is 6. The Balaban J connectivity index is 1.83. The summed E-state index contributed by atoms with van der Waals surface area (Å²) in [6, 6.07) is 8.06. The zero-order valence-electron chi connectivity index (χ0n) is 20.8. The van der Waals surface area contributed by atoms with Crippen molar-refractivity contribution in [1.29, 1.82) is 0 Å². The molecule has 5 heteroatoms. The highest BCUT2D eigenvalue weighted by Gasteiger charge is 2.27.